The molecule has 1 aliphatic rings. The highest BCUT2D eigenvalue weighted by molar-refractivity contribution is 5.79. The van der Waals surface area contributed by atoms with Crippen LogP contribution in [0, 0.1) is 11.3 Å². The highest BCUT2D eigenvalue weighted by Gasteiger charge is 2.34. The predicted molar refractivity (Wildman–Crippen MR) is 79.7 cm³/mol. The molecule has 2 N–H and O–H groups in total. The molecule has 2 atom stereocenters. The molecule has 0 radical (unpaired) electrons. The molecule has 0 aromatic carbocycles. The van der Waals surface area contributed by atoms with Crippen molar-refractivity contribution in [1.29, 1.82) is 0 Å². The lowest BCUT2D eigenvalue weighted by molar-refractivity contribution is -0.125. The molecule has 5 nitrogen and oxygen atoms in total. The molecule has 1 rings (SSSR count). The van der Waals surface area contributed by atoms with Gasteiger partial charge in [0.25, 0.3) is 0 Å². The quantitative estimate of drug-likeness (QED) is 0.668. The summed E-state index contributed by atoms with van der Waals surface area (Å²) in [4.78, 5) is 12.3. The van der Waals surface area contributed by atoms with Crippen LogP contribution in [0.3, 0.4) is 0 Å². The Hall–Kier alpha value is -0.650. The van der Waals surface area contributed by atoms with Crippen LogP contribution in [0.15, 0.2) is 0 Å². The molecule has 0 aliphatic carbocycles. The van der Waals surface area contributed by atoms with Crippen molar-refractivity contribution in [3.63, 3.8) is 0 Å². The standard InChI is InChI=1S/C15H30N2O3/c1-5-7-16-13-10-20-9-12(13)14(18)17-11-15(2,3)6-8-19-4/h12-13,16H,5-11H2,1-4H3,(H,17,18). The topological polar surface area (TPSA) is 59.6 Å². The third kappa shape index (κ3) is 5.77. The van der Waals surface area contributed by atoms with E-state index < -0.39 is 0 Å². The van der Waals surface area contributed by atoms with Gasteiger partial charge in [-0.15, -0.1) is 0 Å². The molecule has 0 bridgehead atoms. The molecule has 0 aromatic rings. The van der Waals surface area contributed by atoms with E-state index in [-0.39, 0.29) is 23.3 Å². The van der Waals surface area contributed by atoms with Gasteiger partial charge in [0.05, 0.1) is 19.1 Å². The Balaban J connectivity index is 2.37. The zero-order valence-electron chi connectivity index (χ0n) is 13.3. The van der Waals surface area contributed by atoms with E-state index in [1.165, 1.54) is 0 Å². The van der Waals surface area contributed by atoms with E-state index in [9.17, 15) is 4.79 Å². The van der Waals surface area contributed by atoms with Crippen LogP contribution in [-0.4, -0.2) is 52.0 Å². The summed E-state index contributed by atoms with van der Waals surface area (Å²) in [6.45, 7) is 9.88. The lowest BCUT2D eigenvalue weighted by Crippen LogP contribution is -2.46. The molecule has 118 valence electrons. The minimum absolute atomic E-state index is 0.0531. The van der Waals surface area contributed by atoms with Gasteiger partial charge in [0.15, 0.2) is 0 Å². The van der Waals surface area contributed by atoms with E-state index in [1.807, 2.05) is 0 Å². The number of carbonyl (C=O) groups excluding carboxylic acids is 1. The summed E-state index contributed by atoms with van der Waals surface area (Å²) in [5.41, 5.74) is 0.0531. The first-order valence-corrected chi connectivity index (χ1v) is 7.58. The van der Waals surface area contributed by atoms with E-state index in [2.05, 4.69) is 31.4 Å². The minimum atomic E-state index is -0.0697. The summed E-state index contributed by atoms with van der Waals surface area (Å²) >= 11 is 0. The van der Waals surface area contributed by atoms with Crippen molar-refractivity contribution in [1.82, 2.24) is 10.6 Å². The molecule has 1 saturated heterocycles. The summed E-state index contributed by atoms with van der Waals surface area (Å²) in [5, 5.41) is 6.45. The van der Waals surface area contributed by atoms with E-state index in [1.54, 1.807) is 7.11 Å². The highest BCUT2D eigenvalue weighted by Crippen LogP contribution is 2.20. The van der Waals surface area contributed by atoms with Crippen LogP contribution in [0.4, 0.5) is 0 Å². The monoisotopic (exact) mass is 286 g/mol. The van der Waals surface area contributed by atoms with Gasteiger partial charge in [0, 0.05) is 26.3 Å². The summed E-state index contributed by atoms with van der Waals surface area (Å²) in [6, 6.07) is 0.150. The van der Waals surface area contributed by atoms with Gasteiger partial charge in [-0.3, -0.25) is 4.79 Å². The Morgan fingerprint density at radius 3 is 2.80 bits per heavy atom. The van der Waals surface area contributed by atoms with E-state index >= 15 is 0 Å². The van der Waals surface area contributed by atoms with Gasteiger partial charge in [0.1, 0.15) is 0 Å². The number of ether oxygens (including phenoxy) is 2. The predicted octanol–water partition coefficient (Wildman–Crippen LogP) is 1.18. The van der Waals surface area contributed by atoms with Crippen molar-refractivity contribution >= 4 is 5.91 Å². The Morgan fingerprint density at radius 2 is 2.15 bits per heavy atom. The molecule has 0 saturated carbocycles. The molecule has 1 aliphatic heterocycles. The molecule has 2 unspecified atom stereocenters. The maximum absolute atomic E-state index is 12.3. The Morgan fingerprint density at radius 1 is 1.40 bits per heavy atom. The van der Waals surface area contributed by atoms with Crippen LogP contribution in [0.25, 0.3) is 0 Å². The maximum Gasteiger partial charge on any atom is 0.227 e. The van der Waals surface area contributed by atoms with E-state index in [0.29, 0.717) is 19.8 Å². The molecule has 20 heavy (non-hydrogen) atoms. The molecular formula is C15H30N2O3. The van der Waals surface area contributed by atoms with Gasteiger partial charge in [-0.1, -0.05) is 20.8 Å². The van der Waals surface area contributed by atoms with Crippen LogP contribution >= 0.6 is 0 Å². The van der Waals surface area contributed by atoms with Gasteiger partial charge >= 0.3 is 0 Å². The van der Waals surface area contributed by atoms with E-state index in [0.717, 1.165) is 26.0 Å². The smallest absolute Gasteiger partial charge is 0.227 e. The summed E-state index contributed by atoms with van der Waals surface area (Å²) in [7, 11) is 1.70. The average Bonchev–Trinajstić information content (AvgIpc) is 2.89. The first-order valence-electron chi connectivity index (χ1n) is 7.58. The Labute approximate surface area is 122 Å². The zero-order valence-corrected chi connectivity index (χ0v) is 13.3. The first-order chi connectivity index (χ1) is 9.50. The maximum atomic E-state index is 12.3. The fourth-order valence-corrected chi connectivity index (χ4v) is 2.27. The summed E-state index contributed by atoms with van der Waals surface area (Å²) in [6.07, 6.45) is 2.00. The molecule has 1 heterocycles. The molecule has 0 spiro atoms. The number of nitrogens with one attached hydrogen (secondary N) is 2. The SMILES string of the molecule is CCCNC1COCC1C(=O)NCC(C)(C)CCOC. The zero-order chi connectivity index (χ0) is 15.0. The Bertz CT molecular complexity index is 295. The van der Waals surface area contributed by atoms with Crippen molar-refractivity contribution < 1.29 is 14.3 Å². The first kappa shape index (κ1) is 17.4. The second kappa shape index (κ2) is 8.60. The number of hydrogen-bond donors (Lipinski definition) is 2. The Kier molecular flexibility index (Phi) is 7.48. The van der Waals surface area contributed by atoms with Gasteiger partial charge in [-0.25, -0.2) is 0 Å². The number of hydrogen-bond acceptors (Lipinski definition) is 4. The number of carbonyl (C=O) groups is 1. The number of amides is 1. The summed E-state index contributed by atoms with van der Waals surface area (Å²) in [5.74, 6) is 0.0290. The minimum Gasteiger partial charge on any atom is -0.385 e. The molecule has 0 aromatic heterocycles. The van der Waals surface area contributed by atoms with Crippen LogP contribution in [0.1, 0.15) is 33.6 Å². The van der Waals surface area contributed by atoms with Gasteiger partial charge < -0.3 is 20.1 Å². The second-order valence-electron chi connectivity index (χ2n) is 6.33. The highest BCUT2D eigenvalue weighted by atomic mass is 16.5. The fraction of sp³-hybridized carbons (Fsp3) is 0.933. The van der Waals surface area contributed by atoms with Crippen LogP contribution in [0.5, 0.6) is 0 Å². The lowest BCUT2D eigenvalue weighted by atomic mass is 9.89. The average molecular weight is 286 g/mol. The fourth-order valence-electron chi connectivity index (χ4n) is 2.27. The van der Waals surface area contributed by atoms with Crippen LogP contribution in [0.2, 0.25) is 0 Å². The largest absolute Gasteiger partial charge is 0.385 e. The van der Waals surface area contributed by atoms with Crippen molar-refractivity contribution in [2.24, 2.45) is 11.3 Å². The lowest BCUT2D eigenvalue weighted by Gasteiger charge is -2.26. The normalized spacial score (nSPS) is 23.0. The van der Waals surface area contributed by atoms with Gasteiger partial charge in [0.2, 0.25) is 5.91 Å². The van der Waals surface area contributed by atoms with Crippen molar-refractivity contribution in [2.45, 2.75) is 39.7 Å². The van der Waals surface area contributed by atoms with Gasteiger partial charge in [-0.05, 0) is 24.8 Å². The van der Waals surface area contributed by atoms with Crippen LogP contribution < -0.4 is 10.6 Å². The molecule has 5 heteroatoms. The second-order valence-corrected chi connectivity index (χ2v) is 6.33. The van der Waals surface area contributed by atoms with Crippen molar-refractivity contribution in [3.05, 3.63) is 0 Å². The third-order valence-electron chi connectivity index (χ3n) is 3.80. The van der Waals surface area contributed by atoms with Crippen molar-refractivity contribution in [2.75, 3.05) is 40.0 Å². The number of methoxy groups -OCH3 is 1. The number of rotatable bonds is 9. The molecule has 1 amide bonds. The molecule has 1 fully saturated rings. The summed E-state index contributed by atoms with van der Waals surface area (Å²) < 4.78 is 10.5. The molecular weight excluding hydrogens is 256 g/mol. The third-order valence-corrected chi connectivity index (χ3v) is 3.80. The van der Waals surface area contributed by atoms with Crippen LogP contribution in [-0.2, 0) is 14.3 Å². The van der Waals surface area contributed by atoms with E-state index in [4.69, 9.17) is 9.47 Å². The van der Waals surface area contributed by atoms with Crippen molar-refractivity contribution in [3.8, 4) is 0 Å². The van der Waals surface area contributed by atoms with Gasteiger partial charge in [-0.2, -0.15) is 0 Å².